The smallest absolute Gasteiger partial charge is 0.138 e. The van der Waals surface area contributed by atoms with E-state index in [4.69, 9.17) is 9.97 Å². The lowest BCUT2D eigenvalue weighted by Gasteiger charge is -2.35. The molecule has 0 spiro atoms. The number of hydrogen-bond acceptors (Lipinski definition) is 6. The molecule has 6 heteroatoms. The number of aromatic nitrogens is 2. The summed E-state index contributed by atoms with van der Waals surface area (Å²) in [6.07, 6.45) is 8.55. The molecule has 39 heavy (non-hydrogen) atoms. The highest BCUT2D eigenvalue weighted by molar-refractivity contribution is 7.97. The van der Waals surface area contributed by atoms with Crippen molar-refractivity contribution in [3.63, 3.8) is 0 Å². The van der Waals surface area contributed by atoms with Crippen molar-refractivity contribution in [1.82, 2.24) is 14.7 Å². The second kappa shape index (κ2) is 14.8. The predicted molar refractivity (Wildman–Crippen MR) is 174 cm³/mol. The van der Waals surface area contributed by atoms with Crippen LogP contribution in [0.15, 0.2) is 54.1 Å². The van der Waals surface area contributed by atoms with E-state index in [9.17, 15) is 0 Å². The highest BCUT2D eigenvalue weighted by atomic mass is 32.2. The van der Waals surface area contributed by atoms with Crippen molar-refractivity contribution in [2.45, 2.75) is 117 Å². The summed E-state index contributed by atoms with van der Waals surface area (Å²) < 4.78 is 3.62. The fourth-order valence-corrected chi connectivity index (χ4v) is 5.86. The first-order valence-electron chi connectivity index (χ1n) is 14.9. The molecule has 5 nitrogen and oxygen atoms in total. The number of nitrogens with zero attached hydrogens (tertiary/aromatic N) is 3. The molecule has 2 aliphatic heterocycles. The van der Waals surface area contributed by atoms with Gasteiger partial charge in [-0.15, -0.1) is 6.58 Å². The standard InChI is InChI=1S/C29H41N5S.2C2H6/c1-8-11-23-22-16-17-24(28(3,4)5)31-27(22)34-19-20(18-29(34,6)7)14-15-21(9-2)30-25-12-10-13-26(32-25)35-33-23;2*1-2/h9-13,16-17,20-21,33H,2,8,14-15,18-19H2,1,3-7H3,(H,30,32);2*1-2H3/b23-11+;;. The van der Waals surface area contributed by atoms with Gasteiger partial charge in [-0.2, -0.15) is 0 Å². The minimum absolute atomic E-state index is 0.0146. The Morgan fingerprint density at radius 2 is 1.79 bits per heavy atom. The highest BCUT2D eigenvalue weighted by Crippen LogP contribution is 2.42. The van der Waals surface area contributed by atoms with Crippen molar-refractivity contribution in [3.8, 4) is 0 Å². The maximum atomic E-state index is 5.33. The first kappa shape index (κ1) is 32.7. The van der Waals surface area contributed by atoms with Gasteiger partial charge in [0.05, 0.1) is 5.70 Å². The van der Waals surface area contributed by atoms with Crippen LogP contribution in [-0.2, 0) is 5.41 Å². The van der Waals surface area contributed by atoms with Crippen LogP contribution in [0.5, 0.6) is 0 Å². The van der Waals surface area contributed by atoms with E-state index in [1.807, 2.05) is 45.9 Å². The van der Waals surface area contributed by atoms with Crippen LogP contribution in [0.1, 0.15) is 106 Å². The van der Waals surface area contributed by atoms with Crippen LogP contribution in [0.4, 0.5) is 11.6 Å². The van der Waals surface area contributed by atoms with E-state index in [1.165, 1.54) is 0 Å². The Hall–Kier alpha value is -2.47. The van der Waals surface area contributed by atoms with Gasteiger partial charge in [-0.1, -0.05) is 73.6 Å². The molecule has 2 aromatic rings. The lowest BCUT2D eigenvalue weighted by Crippen LogP contribution is -2.40. The highest BCUT2D eigenvalue weighted by Gasteiger charge is 2.40. The van der Waals surface area contributed by atoms with Crippen molar-refractivity contribution >= 4 is 29.3 Å². The second-order valence-electron chi connectivity index (χ2n) is 11.5. The molecule has 216 valence electrons. The molecule has 4 rings (SSSR count). The van der Waals surface area contributed by atoms with Gasteiger partial charge < -0.3 is 14.9 Å². The number of anilines is 2. The summed E-state index contributed by atoms with van der Waals surface area (Å²) in [7, 11) is 0. The monoisotopic (exact) mass is 551 g/mol. The quantitative estimate of drug-likeness (QED) is 0.286. The summed E-state index contributed by atoms with van der Waals surface area (Å²) in [6, 6.07) is 10.8. The van der Waals surface area contributed by atoms with E-state index >= 15 is 0 Å². The Bertz CT molecular complexity index is 1090. The molecule has 1 saturated heterocycles. The minimum atomic E-state index is -0.0146. The van der Waals surface area contributed by atoms with Gasteiger partial charge in [-0.05, 0) is 69.7 Å². The summed E-state index contributed by atoms with van der Waals surface area (Å²) >= 11 is 1.55. The van der Waals surface area contributed by atoms with E-state index in [-0.39, 0.29) is 17.0 Å². The third kappa shape index (κ3) is 8.51. The second-order valence-corrected chi connectivity index (χ2v) is 12.3. The molecule has 2 aliphatic rings. The molecule has 0 amide bonds. The van der Waals surface area contributed by atoms with E-state index < -0.39 is 0 Å². The molecule has 2 atom stereocenters. The van der Waals surface area contributed by atoms with Crippen LogP contribution in [0.2, 0.25) is 0 Å². The van der Waals surface area contributed by atoms with Gasteiger partial charge >= 0.3 is 0 Å². The molecule has 1 fully saturated rings. The zero-order valence-electron chi connectivity index (χ0n) is 26.2. The number of hydrogen-bond donors (Lipinski definition) is 2. The fraction of sp³-hybridized carbons (Fsp3) is 0.576. The maximum absolute atomic E-state index is 5.33. The first-order valence-corrected chi connectivity index (χ1v) is 15.7. The molecule has 4 heterocycles. The third-order valence-corrected chi connectivity index (χ3v) is 7.81. The molecule has 0 aromatic carbocycles. The van der Waals surface area contributed by atoms with Gasteiger partial charge in [0.15, 0.2) is 0 Å². The summed E-state index contributed by atoms with van der Waals surface area (Å²) in [4.78, 5) is 12.7. The molecular formula is C33H53N5S. The van der Waals surface area contributed by atoms with E-state index in [0.29, 0.717) is 5.92 Å². The molecule has 4 bridgehead atoms. The molecule has 2 aromatic heterocycles. The van der Waals surface area contributed by atoms with Gasteiger partial charge in [0.25, 0.3) is 0 Å². The lowest BCUT2D eigenvalue weighted by atomic mass is 9.90. The topological polar surface area (TPSA) is 53.1 Å². The van der Waals surface area contributed by atoms with Gasteiger partial charge in [-0.3, -0.25) is 0 Å². The van der Waals surface area contributed by atoms with Gasteiger partial charge in [0, 0.05) is 46.7 Å². The lowest BCUT2D eigenvalue weighted by molar-refractivity contribution is 0.441. The van der Waals surface area contributed by atoms with Crippen molar-refractivity contribution in [2.24, 2.45) is 5.92 Å². The Kier molecular flexibility index (Phi) is 12.4. The van der Waals surface area contributed by atoms with Crippen LogP contribution < -0.4 is 14.9 Å². The summed E-state index contributed by atoms with van der Waals surface area (Å²) in [5.74, 6) is 2.59. The molecule has 2 N–H and O–H groups in total. The van der Waals surface area contributed by atoms with Gasteiger partial charge in [0.1, 0.15) is 16.7 Å². The average Bonchev–Trinajstić information content (AvgIpc) is 3.23. The maximum Gasteiger partial charge on any atom is 0.138 e. The third-order valence-electron chi connectivity index (χ3n) is 7.05. The average molecular weight is 552 g/mol. The van der Waals surface area contributed by atoms with Crippen molar-refractivity contribution < 1.29 is 0 Å². The predicted octanol–water partition coefficient (Wildman–Crippen LogP) is 9.24. The van der Waals surface area contributed by atoms with Gasteiger partial charge in [-0.25, -0.2) is 9.97 Å². The zero-order valence-corrected chi connectivity index (χ0v) is 27.0. The molecular weight excluding hydrogens is 498 g/mol. The Balaban J connectivity index is 0.00000127. The van der Waals surface area contributed by atoms with Crippen LogP contribution in [0.3, 0.4) is 0 Å². The number of fused-ring (bicyclic) bond motifs is 6. The van der Waals surface area contributed by atoms with Crippen LogP contribution in [-0.4, -0.2) is 28.1 Å². The minimum Gasteiger partial charge on any atom is -0.364 e. The SMILES string of the molecule is C=CC1CCC2CN(c3nc(C(C)(C)C)ccc3/C(=C\CC)NSc3cccc(n3)N1)C(C)(C)C2.CC.CC. The van der Waals surface area contributed by atoms with Crippen molar-refractivity contribution in [1.29, 1.82) is 0 Å². The molecule has 2 unspecified atom stereocenters. The Labute approximate surface area is 243 Å². The van der Waals surface area contributed by atoms with Gasteiger partial charge in [0.2, 0.25) is 0 Å². The normalized spacial score (nSPS) is 21.4. The first-order chi connectivity index (χ1) is 18.6. The molecule has 0 saturated carbocycles. The molecule has 0 radical (unpaired) electrons. The largest absolute Gasteiger partial charge is 0.364 e. The van der Waals surface area contributed by atoms with Crippen molar-refractivity contribution in [2.75, 3.05) is 16.8 Å². The number of allylic oxidation sites excluding steroid dienone is 1. The van der Waals surface area contributed by atoms with E-state index in [1.54, 1.807) is 11.9 Å². The summed E-state index contributed by atoms with van der Waals surface area (Å²) in [5.41, 5.74) is 3.40. The Morgan fingerprint density at radius 1 is 1.08 bits per heavy atom. The Morgan fingerprint density at radius 3 is 2.44 bits per heavy atom. The number of rotatable bonds is 2. The summed E-state index contributed by atoms with van der Waals surface area (Å²) in [5, 5.41) is 4.51. The molecule has 0 aliphatic carbocycles. The van der Waals surface area contributed by atoms with Crippen molar-refractivity contribution in [3.05, 3.63) is 60.3 Å². The zero-order chi connectivity index (χ0) is 29.2. The fourth-order valence-electron chi connectivity index (χ4n) is 5.16. The van der Waals surface area contributed by atoms with Crippen LogP contribution >= 0.6 is 11.9 Å². The summed E-state index contributed by atoms with van der Waals surface area (Å²) in [6.45, 7) is 26.7. The van der Waals surface area contributed by atoms with Crippen LogP contribution in [0, 0.1) is 5.92 Å². The van der Waals surface area contributed by atoms with Crippen LogP contribution in [0.25, 0.3) is 5.70 Å². The number of nitrogens with one attached hydrogen (secondary N) is 2. The number of pyridine rings is 2. The van der Waals surface area contributed by atoms with E-state index in [2.05, 4.69) is 87.3 Å². The van der Waals surface area contributed by atoms with E-state index in [0.717, 1.165) is 65.8 Å².